The first kappa shape index (κ1) is 15.4. The van der Waals surface area contributed by atoms with Gasteiger partial charge >= 0.3 is 0 Å². The highest BCUT2D eigenvalue weighted by molar-refractivity contribution is 7.90. The summed E-state index contributed by atoms with van der Waals surface area (Å²) in [4.78, 5) is 11.4. The summed E-state index contributed by atoms with van der Waals surface area (Å²) < 4.78 is 21.6. The van der Waals surface area contributed by atoms with E-state index in [4.69, 9.17) is 5.73 Å². The molecule has 0 aromatic carbocycles. The third-order valence-corrected chi connectivity index (χ3v) is 3.43. The summed E-state index contributed by atoms with van der Waals surface area (Å²) in [6, 6.07) is 0. The average molecular weight is 250 g/mol. The summed E-state index contributed by atoms with van der Waals surface area (Å²) in [5.41, 5.74) is 5.48. The van der Waals surface area contributed by atoms with Gasteiger partial charge in [0, 0.05) is 19.2 Å². The molecule has 0 bridgehead atoms. The molecule has 0 aliphatic rings. The highest BCUT2D eigenvalue weighted by Crippen LogP contribution is 2.05. The molecule has 0 radical (unpaired) electrons. The topological polar surface area (TPSA) is 89.3 Å². The quantitative estimate of drug-likeness (QED) is 0.589. The Hall–Kier alpha value is -0.620. The first-order chi connectivity index (χ1) is 7.39. The number of carbonyl (C=O) groups is 1. The van der Waals surface area contributed by atoms with Crippen LogP contribution in [-0.4, -0.2) is 39.4 Å². The highest BCUT2D eigenvalue weighted by Gasteiger charge is 2.10. The molecule has 0 aliphatic heterocycles. The SMILES string of the molecule is CCC(CN)CC(=O)NCCCS(C)(=O)=O. The monoisotopic (exact) mass is 250 g/mol. The van der Waals surface area contributed by atoms with Crippen LogP contribution in [0.1, 0.15) is 26.2 Å². The molecule has 0 spiro atoms. The molecule has 6 heteroatoms. The molecule has 0 aromatic heterocycles. The number of sulfone groups is 1. The summed E-state index contributed by atoms with van der Waals surface area (Å²) in [5, 5.41) is 2.70. The number of hydrogen-bond donors (Lipinski definition) is 2. The van der Waals surface area contributed by atoms with Crippen LogP contribution in [-0.2, 0) is 14.6 Å². The number of amides is 1. The number of nitrogens with one attached hydrogen (secondary N) is 1. The van der Waals surface area contributed by atoms with E-state index >= 15 is 0 Å². The summed E-state index contributed by atoms with van der Waals surface area (Å²) in [5.74, 6) is 0.280. The van der Waals surface area contributed by atoms with Crippen molar-refractivity contribution in [2.24, 2.45) is 11.7 Å². The summed E-state index contributed by atoms with van der Waals surface area (Å²) in [7, 11) is -2.93. The molecule has 0 saturated carbocycles. The van der Waals surface area contributed by atoms with E-state index in [0.717, 1.165) is 6.42 Å². The Bertz CT molecular complexity index is 297. The van der Waals surface area contributed by atoms with Gasteiger partial charge in [0.25, 0.3) is 0 Å². The predicted octanol–water partition coefficient (Wildman–Crippen LogP) is -0.0877. The Morgan fingerprint density at radius 1 is 1.44 bits per heavy atom. The molecule has 0 aliphatic carbocycles. The largest absolute Gasteiger partial charge is 0.356 e. The Balaban J connectivity index is 3.66. The van der Waals surface area contributed by atoms with Crippen LogP contribution >= 0.6 is 0 Å². The minimum Gasteiger partial charge on any atom is -0.356 e. The van der Waals surface area contributed by atoms with Gasteiger partial charge in [0.1, 0.15) is 9.84 Å². The van der Waals surface area contributed by atoms with Crippen molar-refractivity contribution in [2.45, 2.75) is 26.2 Å². The van der Waals surface area contributed by atoms with Crippen LogP contribution in [0.15, 0.2) is 0 Å². The van der Waals surface area contributed by atoms with E-state index in [1.807, 2.05) is 6.92 Å². The normalized spacial score (nSPS) is 13.4. The van der Waals surface area contributed by atoms with Crippen LogP contribution in [0.25, 0.3) is 0 Å². The lowest BCUT2D eigenvalue weighted by Gasteiger charge is -2.11. The van der Waals surface area contributed by atoms with Gasteiger partial charge in [0.15, 0.2) is 0 Å². The van der Waals surface area contributed by atoms with Crippen molar-refractivity contribution < 1.29 is 13.2 Å². The molecule has 0 heterocycles. The fourth-order valence-corrected chi connectivity index (χ4v) is 1.96. The molecule has 1 unspecified atom stereocenters. The van der Waals surface area contributed by atoms with E-state index in [1.54, 1.807) is 0 Å². The van der Waals surface area contributed by atoms with Gasteiger partial charge in [0.2, 0.25) is 5.91 Å². The first-order valence-corrected chi connectivity index (χ1v) is 7.59. The summed E-state index contributed by atoms with van der Waals surface area (Å²) in [6.45, 7) is 2.91. The zero-order chi connectivity index (χ0) is 12.6. The molecule has 16 heavy (non-hydrogen) atoms. The predicted molar refractivity (Wildman–Crippen MR) is 64.8 cm³/mol. The fourth-order valence-electron chi connectivity index (χ4n) is 1.29. The average Bonchev–Trinajstić information content (AvgIpc) is 2.19. The van der Waals surface area contributed by atoms with Gasteiger partial charge in [-0.1, -0.05) is 13.3 Å². The van der Waals surface area contributed by atoms with Gasteiger partial charge in [-0.25, -0.2) is 8.42 Å². The van der Waals surface area contributed by atoms with Crippen molar-refractivity contribution in [3.05, 3.63) is 0 Å². The van der Waals surface area contributed by atoms with Gasteiger partial charge < -0.3 is 11.1 Å². The van der Waals surface area contributed by atoms with Gasteiger partial charge in [-0.3, -0.25) is 4.79 Å². The molecule has 1 amide bonds. The van der Waals surface area contributed by atoms with Crippen LogP contribution in [0.2, 0.25) is 0 Å². The van der Waals surface area contributed by atoms with E-state index in [-0.39, 0.29) is 17.6 Å². The molecule has 1 atom stereocenters. The fraction of sp³-hybridized carbons (Fsp3) is 0.900. The van der Waals surface area contributed by atoms with Crippen LogP contribution in [0.4, 0.5) is 0 Å². The van der Waals surface area contributed by atoms with Crippen molar-refractivity contribution in [1.29, 1.82) is 0 Å². The third-order valence-electron chi connectivity index (χ3n) is 2.40. The Morgan fingerprint density at radius 3 is 2.50 bits per heavy atom. The van der Waals surface area contributed by atoms with Crippen molar-refractivity contribution >= 4 is 15.7 Å². The van der Waals surface area contributed by atoms with Crippen LogP contribution in [0, 0.1) is 5.92 Å². The van der Waals surface area contributed by atoms with Crippen molar-refractivity contribution in [1.82, 2.24) is 5.32 Å². The van der Waals surface area contributed by atoms with Crippen LogP contribution < -0.4 is 11.1 Å². The molecule has 0 rings (SSSR count). The lowest BCUT2D eigenvalue weighted by atomic mass is 10.0. The number of rotatable bonds is 8. The number of hydrogen-bond acceptors (Lipinski definition) is 4. The molecule has 3 N–H and O–H groups in total. The molecule has 5 nitrogen and oxygen atoms in total. The molecule has 0 fully saturated rings. The number of nitrogens with two attached hydrogens (primary N) is 1. The number of carbonyl (C=O) groups excluding carboxylic acids is 1. The second kappa shape index (κ2) is 7.62. The van der Waals surface area contributed by atoms with Crippen molar-refractivity contribution in [3.63, 3.8) is 0 Å². The molecular formula is C10H22N2O3S. The molecular weight excluding hydrogens is 228 g/mol. The van der Waals surface area contributed by atoms with Gasteiger partial charge in [-0.05, 0) is 18.9 Å². The Kier molecular flexibility index (Phi) is 7.33. The maximum Gasteiger partial charge on any atom is 0.220 e. The Labute approximate surface area is 97.7 Å². The zero-order valence-electron chi connectivity index (χ0n) is 10.0. The standard InChI is InChI=1S/C10H22N2O3S/c1-3-9(8-11)7-10(13)12-5-4-6-16(2,14)15/h9H,3-8,11H2,1-2H3,(H,12,13). The van der Waals surface area contributed by atoms with Crippen LogP contribution in [0.3, 0.4) is 0 Å². The first-order valence-electron chi connectivity index (χ1n) is 5.53. The second-order valence-corrected chi connectivity index (χ2v) is 6.31. The van der Waals surface area contributed by atoms with Crippen molar-refractivity contribution in [3.8, 4) is 0 Å². The van der Waals surface area contributed by atoms with Gasteiger partial charge in [-0.15, -0.1) is 0 Å². The Morgan fingerprint density at radius 2 is 2.06 bits per heavy atom. The summed E-state index contributed by atoms with van der Waals surface area (Å²) in [6.07, 6.45) is 2.96. The smallest absolute Gasteiger partial charge is 0.220 e. The lowest BCUT2D eigenvalue weighted by molar-refractivity contribution is -0.121. The molecule has 0 aromatic rings. The van der Waals surface area contributed by atoms with E-state index in [1.165, 1.54) is 6.26 Å². The second-order valence-electron chi connectivity index (χ2n) is 4.05. The maximum atomic E-state index is 11.4. The van der Waals surface area contributed by atoms with Crippen molar-refractivity contribution in [2.75, 3.05) is 25.1 Å². The van der Waals surface area contributed by atoms with Crippen LogP contribution in [0.5, 0.6) is 0 Å². The van der Waals surface area contributed by atoms with E-state index in [9.17, 15) is 13.2 Å². The van der Waals surface area contributed by atoms with E-state index in [2.05, 4.69) is 5.32 Å². The highest BCUT2D eigenvalue weighted by atomic mass is 32.2. The minimum atomic E-state index is -2.93. The lowest BCUT2D eigenvalue weighted by Crippen LogP contribution is -2.29. The summed E-state index contributed by atoms with van der Waals surface area (Å²) >= 11 is 0. The van der Waals surface area contributed by atoms with E-state index in [0.29, 0.717) is 25.9 Å². The molecule has 0 saturated heterocycles. The third kappa shape index (κ3) is 8.67. The maximum absolute atomic E-state index is 11.4. The molecule has 96 valence electrons. The van der Waals surface area contributed by atoms with E-state index < -0.39 is 9.84 Å². The zero-order valence-corrected chi connectivity index (χ0v) is 10.8. The van der Waals surface area contributed by atoms with Gasteiger partial charge in [-0.2, -0.15) is 0 Å². The van der Waals surface area contributed by atoms with Gasteiger partial charge in [0.05, 0.1) is 5.75 Å². The minimum absolute atomic E-state index is 0.0502.